The van der Waals surface area contributed by atoms with Crippen LogP contribution in [-0.2, 0) is 0 Å². The molecular formula is C17H25N3O2. The molecule has 1 saturated carbocycles. The van der Waals surface area contributed by atoms with Crippen LogP contribution in [0.4, 0.5) is 10.5 Å². The van der Waals surface area contributed by atoms with Gasteiger partial charge in [0.1, 0.15) is 0 Å². The van der Waals surface area contributed by atoms with E-state index in [1.54, 1.807) is 24.3 Å². The second-order valence-electron chi connectivity index (χ2n) is 5.77. The lowest BCUT2D eigenvalue weighted by molar-refractivity contribution is 0.0927. The van der Waals surface area contributed by atoms with Crippen LogP contribution in [0.25, 0.3) is 0 Å². The molecule has 0 aromatic heterocycles. The fourth-order valence-corrected chi connectivity index (χ4v) is 2.63. The van der Waals surface area contributed by atoms with Crippen molar-refractivity contribution < 1.29 is 9.59 Å². The van der Waals surface area contributed by atoms with E-state index >= 15 is 0 Å². The summed E-state index contributed by atoms with van der Waals surface area (Å²) in [5, 5.41) is 8.57. The number of urea groups is 1. The Bertz CT molecular complexity index is 493. The number of hydrogen-bond donors (Lipinski definition) is 3. The summed E-state index contributed by atoms with van der Waals surface area (Å²) in [5.74, 6) is -0.0334. The van der Waals surface area contributed by atoms with E-state index in [1.165, 1.54) is 19.3 Å². The lowest BCUT2D eigenvalue weighted by Crippen LogP contribution is -2.36. The van der Waals surface area contributed by atoms with Crippen LogP contribution >= 0.6 is 0 Å². The van der Waals surface area contributed by atoms with Gasteiger partial charge < -0.3 is 16.0 Å². The second-order valence-corrected chi connectivity index (χ2v) is 5.77. The average molecular weight is 303 g/mol. The first-order valence-corrected chi connectivity index (χ1v) is 8.15. The molecule has 5 nitrogen and oxygen atoms in total. The summed E-state index contributed by atoms with van der Waals surface area (Å²) in [5.41, 5.74) is 1.31. The maximum atomic E-state index is 12.2. The molecule has 120 valence electrons. The highest BCUT2D eigenvalue weighted by Crippen LogP contribution is 2.18. The van der Waals surface area contributed by atoms with Crippen molar-refractivity contribution in [2.45, 2.75) is 51.5 Å². The molecule has 0 radical (unpaired) electrons. The number of amides is 3. The fraction of sp³-hybridized carbons (Fsp3) is 0.529. The number of rotatable bonds is 5. The summed E-state index contributed by atoms with van der Waals surface area (Å²) < 4.78 is 0. The number of anilines is 1. The van der Waals surface area contributed by atoms with Gasteiger partial charge in [0.05, 0.1) is 0 Å². The normalized spacial score (nSPS) is 15.1. The molecule has 1 aromatic rings. The first-order chi connectivity index (χ1) is 10.7. The number of carbonyl (C=O) groups is 2. The van der Waals surface area contributed by atoms with Crippen molar-refractivity contribution in [3.05, 3.63) is 29.8 Å². The molecule has 22 heavy (non-hydrogen) atoms. The maximum absolute atomic E-state index is 12.2. The van der Waals surface area contributed by atoms with Crippen LogP contribution in [0.2, 0.25) is 0 Å². The largest absolute Gasteiger partial charge is 0.349 e. The van der Waals surface area contributed by atoms with E-state index in [0.717, 1.165) is 19.3 Å². The minimum Gasteiger partial charge on any atom is -0.349 e. The van der Waals surface area contributed by atoms with Gasteiger partial charge in [0, 0.05) is 23.8 Å². The Morgan fingerprint density at radius 3 is 2.41 bits per heavy atom. The van der Waals surface area contributed by atoms with Crippen molar-refractivity contribution >= 4 is 17.6 Å². The Labute approximate surface area is 131 Å². The highest BCUT2D eigenvalue weighted by Gasteiger charge is 2.16. The van der Waals surface area contributed by atoms with E-state index in [2.05, 4.69) is 16.0 Å². The molecule has 3 N–H and O–H groups in total. The Morgan fingerprint density at radius 1 is 1.09 bits per heavy atom. The van der Waals surface area contributed by atoms with E-state index in [-0.39, 0.29) is 11.9 Å². The van der Waals surface area contributed by atoms with E-state index in [1.807, 2.05) is 6.92 Å². The lowest BCUT2D eigenvalue weighted by atomic mass is 9.95. The van der Waals surface area contributed by atoms with Gasteiger partial charge in [-0.3, -0.25) is 4.79 Å². The number of benzene rings is 1. The molecule has 0 bridgehead atoms. The van der Waals surface area contributed by atoms with Crippen LogP contribution in [-0.4, -0.2) is 24.5 Å². The maximum Gasteiger partial charge on any atom is 0.319 e. The molecule has 1 aliphatic carbocycles. The molecule has 1 fully saturated rings. The van der Waals surface area contributed by atoms with E-state index in [4.69, 9.17) is 0 Å². The Balaban J connectivity index is 1.85. The predicted molar refractivity (Wildman–Crippen MR) is 88.1 cm³/mol. The fourth-order valence-electron chi connectivity index (χ4n) is 2.63. The van der Waals surface area contributed by atoms with Gasteiger partial charge in [0.2, 0.25) is 0 Å². The standard InChI is InChI=1S/C17H25N3O2/c1-2-12-18-17(22)20-15-10-8-13(9-11-15)16(21)19-14-6-4-3-5-7-14/h8-11,14H,2-7,12H2,1H3,(H,19,21)(H2,18,20,22). The van der Waals surface area contributed by atoms with Crippen molar-refractivity contribution in [3.63, 3.8) is 0 Å². The minimum absolute atomic E-state index is 0.0334. The van der Waals surface area contributed by atoms with Crippen molar-refractivity contribution in [3.8, 4) is 0 Å². The SMILES string of the molecule is CCCNC(=O)Nc1ccc(C(=O)NC2CCCCC2)cc1. The zero-order valence-corrected chi connectivity index (χ0v) is 13.2. The summed E-state index contributed by atoms with van der Waals surface area (Å²) >= 11 is 0. The monoisotopic (exact) mass is 303 g/mol. The van der Waals surface area contributed by atoms with Crippen LogP contribution in [0.1, 0.15) is 55.8 Å². The predicted octanol–water partition coefficient (Wildman–Crippen LogP) is 3.28. The molecule has 0 unspecified atom stereocenters. The summed E-state index contributed by atoms with van der Waals surface area (Å²) in [6.07, 6.45) is 6.70. The Hall–Kier alpha value is -2.04. The van der Waals surface area contributed by atoms with Gasteiger partial charge in [-0.25, -0.2) is 4.79 Å². The molecule has 2 rings (SSSR count). The third-order valence-electron chi connectivity index (χ3n) is 3.88. The second kappa shape index (κ2) is 8.41. The smallest absolute Gasteiger partial charge is 0.319 e. The molecule has 0 heterocycles. The lowest BCUT2D eigenvalue weighted by Gasteiger charge is -2.22. The van der Waals surface area contributed by atoms with Gasteiger partial charge in [0.15, 0.2) is 0 Å². The summed E-state index contributed by atoms with van der Waals surface area (Å²) in [6.45, 7) is 2.65. The molecule has 1 aromatic carbocycles. The molecule has 0 aliphatic heterocycles. The van der Waals surface area contributed by atoms with Gasteiger partial charge in [-0.2, -0.15) is 0 Å². The van der Waals surface area contributed by atoms with Gasteiger partial charge in [-0.15, -0.1) is 0 Å². The molecule has 0 saturated heterocycles. The first-order valence-electron chi connectivity index (χ1n) is 8.15. The summed E-state index contributed by atoms with van der Waals surface area (Å²) in [7, 11) is 0. The zero-order chi connectivity index (χ0) is 15.8. The average Bonchev–Trinajstić information content (AvgIpc) is 2.54. The first kappa shape index (κ1) is 16.3. The van der Waals surface area contributed by atoms with E-state index in [0.29, 0.717) is 23.8 Å². The Morgan fingerprint density at radius 2 is 1.77 bits per heavy atom. The quantitative estimate of drug-likeness (QED) is 0.781. The molecule has 5 heteroatoms. The third kappa shape index (κ3) is 5.06. The molecule has 3 amide bonds. The zero-order valence-electron chi connectivity index (χ0n) is 13.2. The number of hydrogen-bond acceptors (Lipinski definition) is 2. The van der Waals surface area contributed by atoms with Crippen LogP contribution in [0.15, 0.2) is 24.3 Å². The van der Waals surface area contributed by atoms with Crippen molar-refractivity contribution in [2.75, 3.05) is 11.9 Å². The van der Waals surface area contributed by atoms with Gasteiger partial charge in [-0.05, 0) is 43.5 Å². The van der Waals surface area contributed by atoms with Crippen molar-refractivity contribution in [1.29, 1.82) is 0 Å². The summed E-state index contributed by atoms with van der Waals surface area (Å²) in [6, 6.07) is 7.07. The third-order valence-corrected chi connectivity index (χ3v) is 3.88. The molecule has 1 aliphatic rings. The minimum atomic E-state index is -0.221. The van der Waals surface area contributed by atoms with Crippen molar-refractivity contribution in [1.82, 2.24) is 10.6 Å². The van der Waals surface area contributed by atoms with Crippen LogP contribution < -0.4 is 16.0 Å². The topological polar surface area (TPSA) is 70.2 Å². The molecular weight excluding hydrogens is 278 g/mol. The van der Waals surface area contributed by atoms with Crippen LogP contribution in [0.5, 0.6) is 0 Å². The van der Waals surface area contributed by atoms with Gasteiger partial charge >= 0.3 is 6.03 Å². The van der Waals surface area contributed by atoms with Gasteiger partial charge in [-0.1, -0.05) is 26.2 Å². The van der Waals surface area contributed by atoms with E-state index < -0.39 is 0 Å². The van der Waals surface area contributed by atoms with Crippen LogP contribution in [0.3, 0.4) is 0 Å². The highest BCUT2D eigenvalue weighted by molar-refractivity contribution is 5.95. The summed E-state index contributed by atoms with van der Waals surface area (Å²) in [4.78, 5) is 23.7. The molecule has 0 spiro atoms. The van der Waals surface area contributed by atoms with Crippen LogP contribution in [0, 0.1) is 0 Å². The van der Waals surface area contributed by atoms with E-state index in [9.17, 15) is 9.59 Å². The molecule has 0 atom stereocenters. The van der Waals surface area contributed by atoms with Gasteiger partial charge in [0.25, 0.3) is 5.91 Å². The Kier molecular flexibility index (Phi) is 6.25. The number of carbonyl (C=O) groups excluding carboxylic acids is 2. The highest BCUT2D eigenvalue weighted by atomic mass is 16.2. The van der Waals surface area contributed by atoms with Crippen molar-refractivity contribution in [2.24, 2.45) is 0 Å². The number of nitrogens with one attached hydrogen (secondary N) is 3.